The van der Waals surface area contributed by atoms with E-state index in [1.54, 1.807) is 26.0 Å². The zero-order chi connectivity index (χ0) is 16.3. The van der Waals surface area contributed by atoms with Crippen LogP contribution < -0.4 is 4.74 Å². The Morgan fingerprint density at radius 2 is 2.09 bits per heavy atom. The Labute approximate surface area is 130 Å². The predicted octanol–water partition coefficient (Wildman–Crippen LogP) is 2.21. The molecule has 7 heteroatoms. The molecule has 1 aromatic heterocycles. The molecule has 0 saturated carbocycles. The van der Waals surface area contributed by atoms with Gasteiger partial charge >= 0.3 is 0 Å². The molecule has 1 heterocycles. The third-order valence-corrected chi connectivity index (χ3v) is 5.22. The third-order valence-electron chi connectivity index (χ3n) is 3.31. The van der Waals surface area contributed by atoms with Crippen LogP contribution in [0.15, 0.2) is 30.6 Å². The van der Waals surface area contributed by atoms with Crippen molar-refractivity contribution in [1.82, 2.24) is 9.19 Å². The summed E-state index contributed by atoms with van der Waals surface area (Å²) < 4.78 is 30.4. The highest BCUT2D eigenvalue weighted by Crippen LogP contribution is 2.27. The first-order chi connectivity index (χ1) is 10.4. The fourth-order valence-corrected chi connectivity index (χ4v) is 2.84. The number of methoxy groups -OCH3 is 1. The van der Waals surface area contributed by atoms with Crippen LogP contribution in [0.2, 0.25) is 0 Å². The molecule has 0 fully saturated rings. The molecule has 6 nitrogen and oxygen atoms in total. The van der Waals surface area contributed by atoms with Crippen LogP contribution in [0.25, 0.3) is 11.1 Å². The predicted molar refractivity (Wildman–Crippen MR) is 83.0 cm³/mol. The topological polar surface area (TPSA) is 85.0 Å². The van der Waals surface area contributed by atoms with Crippen LogP contribution in [0.5, 0.6) is 5.75 Å². The van der Waals surface area contributed by atoms with Gasteiger partial charge in [0.2, 0.25) is 0 Å². The van der Waals surface area contributed by atoms with Crippen LogP contribution in [0.1, 0.15) is 19.4 Å². The van der Waals surface area contributed by atoms with E-state index in [1.807, 2.05) is 6.07 Å². The van der Waals surface area contributed by atoms with E-state index in [-0.39, 0.29) is 6.42 Å². The molecule has 0 aliphatic rings. The zero-order valence-electron chi connectivity index (χ0n) is 12.6. The molecule has 0 radical (unpaired) electrons. The van der Waals surface area contributed by atoms with Crippen molar-refractivity contribution in [3.8, 4) is 22.9 Å². The molecule has 22 heavy (non-hydrogen) atoms. The SMILES string of the molecule is COc1cc(-c2cnn(S(=O)(=O)C(C)C)c2)ccc1CC#N. The molecule has 0 aliphatic heterocycles. The van der Waals surface area contributed by atoms with Crippen LogP contribution >= 0.6 is 0 Å². The van der Waals surface area contributed by atoms with Crippen molar-refractivity contribution in [3.63, 3.8) is 0 Å². The van der Waals surface area contributed by atoms with Gasteiger partial charge in [0, 0.05) is 11.1 Å². The van der Waals surface area contributed by atoms with Gasteiger partial charge in [-0.2, -0.15) is 14.4 Å². The number of hydrogen-bond acceptors (Lipinski definition) is 5. The van der Waals surface area contributed by atoms with Gasteiger partial charge in [-0.3, -0.25) is 0 Å². The second-order valence-corrected chi connectivity index (χ2v) is 7.40. The largest absolute Gasteiger partial charge is 0.496 e. The summed E-state index contributed by atoms with van der Waals surface area (Å²) in [7, 11) is -1.93. The number of hydrogen-bond donors (Lipinski definition) is 0. The van der Waals surface area contributed by atoms with Crippen molar-refractivity contribution in [3.05, 3.63) is 36.2 Å². The average Bonchev–Trinajstić information content (AvgIpc) is 2.98. The quantitative estimate of drug-likeness (QED) is 0.843. The highest BCUT2D eigenvalue weighted by molar-refractivity contribution is 7.90. The number of rotatable bonds is 5. The first-order valence-corrected chi connectivity index (χ1v) is 8.23. The maximum atomic E-state index is 12.1. The molecule has 0 bridgehead atoms. The summed E-state index contributed by atoms with van der Waals surface area (Å²) in [6.07, 6.45) is 3.23. The van der Waals surface area contributed by atoms with Gasteiger partial charge in [-0.15, -0.1) is 0 Å². The molecule has 0 spiro atoms. The number of aromatic nitrogens is 2. The Morgan fingerprint density at radius 1 is 1.36 bits per heavy atom. The van der Waals surface area contributed by atoms with Crippen molar-refractivity contribution < 1.29 is 13.2 Å². The van der Waals surface area contributed by atoms with Gasteiger partial charge in [0.05, 0.1) is 37.2 Å². The summed E-state index contributed by atoms with van der Waals surface area (Å²) >= 11 is 0. The summed E-state index contributed by atoms with van der Waals surface area (Å²) in [5, 5.41) is 12.2. The van der Waals surface area contributed by atoms with E-state index in [0.717, 1.165) is 15.2 Å². The summed E-state index contributed by atoms with van der Waals surface area (Å²) in [6, 6.07) is 7.47. The Morgan fingerprint density at radius 3 is 2.68 bits per heavy atom. The minimum absolute atomic E-state index is 0.254. The second kappa shape index (κ2) is 6.20. The number of nitriles is 1. The maximum Gasteiger partial charge on any atom is 0.256 e. The molecule has 0 saturated heterocycles. The molecule has 1 aromatic carbocycles. The van der Waals surface area contributed by atoms with Gasteiger partial charge < -0.3 is 4.74 Å². The fraction of sp³-hybridized carbons (Fsp3) is 0.333. The Hall–Kier alpha value is -2.33. The highest BCUT2D eigenvalue weighted by Gasteiger charge is 2.20. The monoisotopic (exact) mass is 319 g/mol. The Kier molecular flexibility index (Phi) is 4.52. The highest BCUT2D eigenvalue weighted by atomic mass is 32.2. The van der Waals surface area contributed by atoms with Crippen LogP contribution in [-0.4, -0.2) is 30.0 Å². The normalized spacial score (nSPS) is 11.4. The van der Waals surface area contributed by atoms with Crippen LogP contribution in [-0.2, 0) is 16.4 Å². The summed E-state index contributed by atoms with van der Waals surface area (Å²) in [5.41, 5.74) is 2.24. The van der Waals surface area contributed by atoms with E-state index in [4.69, 9.17) is 10.00 Å². The van der Waals surface area contributed by atoms with Crippen molar-refractivity contribution >= 4 is 10.0 Å². The second-order valence-electron chi connectivity index (χ2n) is 5.06. The van der Waals surface area contributed by atoms with Crippen LogP contribution in [0, 0.1) is 11.3 Å². The molecule has 2 aromatic rings. The summed E-state index contributed by atoms with van der Waals surface area (Å²) in [5.74, 6) is 0.596. The van der Waals surface area contributed by atoms with Crippen LogP contribution in [0.3, 0.4) is 0 Å². The molecule has 0 unspecified atom stereocenters. The van der Waals surface area contributed by atoms with E-state index in [9.17, 15) is 8.42 Å². The molecule has 0 atom stereocenters. The first-order valence-electron chi connectivity index (χ1n) is 6.73. The maximum absolute atomic E-state index is 12.1. The Bertz CT molecular complexity index is 817. The van der Waals surface area contributed by atoms with Crippen molar-refractivity contribution in [2.45, 2.75) is 25.5 Å². The van der Waals surface area contributed by atoms with E-state index < -0.39 is 15.3 Å². The number of ether oxygens (including phenoxy) is 1. The molecule has 0 amide bonds. The fourth-order valence-electron chi connectivity index (χ4n) is 1.96. The smallest absolute Gasteiger partial charge is 0.256 e. The molecular formula is C15H17N3O3S. The van der Waals surface area contributed by atoms with Crippen molar-refractivity contribution in [2.24, 2.45) is 0 Å². The Balaban J connectivity index is 2.42. The van der Waals surface area contributed by atoms with E-state index in [0.29, 0.717) is 11.3 Å². The first kappa shape index (κ1) is 16.0. The van der Waals surface area contributed by atoms with Gasteiger partial charge in [0.25, 0.3) is 10.0 Å². The van der Waals surface area contributed by atoms with E-state index >= 15 is 0 Å². The van der Waals surface area contributed by atoms with Gasteiger partial charge in [0.15, 0.2) is 0 Å². The molecule has 0 N–H and O–H groups in total. The van der Waals surface area contributed by atoms with Gasteiger partial charge in [-0.1, -0.05) is 12.1 Å². The van der Waals surface area contributed by atoms with Crippen molar-refractivity contribution in [1.29, 1.82) is 5.26 Å². The minimum atomic E-state index is -3.47. The van der Waals surface area contributed by atoms with Gasteiger partial charge in [-0.25, -0.2) is 8.42 Å². The lowest BCUT2D eigenvalue weighted by Gasteiger charge is -2.08. The van der Waals surface area contributed by atoms with Gasteiger partial charge in [-0.05, 0) is 25.5 Å². The average molecular weight is 319 g/mol. The van der Waals surface area contributed by atoms with Gasteiger partial charge in [0.1, 0.15) is 5.75 Å². The summed E-state index contributed by atoms with van der Waals surface area (Å²) in [6.45, 7) is 3.22. The minimum Gasteiger partial charge on any atom is -0.496 e. The molecule has 2 rings (SSSR count). The lowest BCUT2D eigenvalue weighted by molar-refractivity contribution is 0.411. The number of nitrogens with zero attached hydrogens (tertiary/aromatic N) is 3. The van der Waals surface area contributed by atoms with Crippen LogP contribution in [0.4, 0.5) is 0 Å². The summed E-state index contributed by atoms with van der Waals surface area (Å²) in [4.78, 5) is 0. The zero-order valence-corrected chi connectivity index (χ0v) is 13.5. The van der Waals surface area contributed by atoms with E-state index in [2.05, 4.69) is 11.2 Å². The lowest BCUT2D eigenvalue weighted by atomic mass is 10.0. The molecular weight excluding hydrogens is 302 g/mol. The molecule has 0 aliphatic carbocycles. The standard InChI is InChI=1S/C15H17N3O3S/c1-11(2)22(19,20)18-10-14(9-17-18)13-5-4-12(6-7-16)15(8-13)21-3/h4-5,8-11H,6H2,1-3H3. The molecule has 116 valence electrons. The third kappa shape index (κ3) is 2.97. The number of benzene rings is 1. The lowest BCUT2D eigenvalue weighted by Crippen LogP contribution is -2.22. The van der Waals surface area contributed by atoms with E-state index in [1.165, 1.54) is 19.5 Å². The van der Waals surface area contributed by atoms with Crippen molar-refractivity contribution in [2.75, 3.05) is 7.11 Å².